The average Bonchev–Trinajstić information content (AvgIpc) is 2.82. The predicted molar refractivity (Wildman–Crippen MR) is 158 cm³/mol. The predicted octanol–water partition coefficient (Wildman–Crippen LogP) is 6.05. The van der Waals surface area contributed by atoms with Crippen LogP contribution in [0.25, 0.3) is 0 Å². The molecule has 0 atom stereocenters. The Morgan fingerprint density at radius 3 is 1.97 bits per heavy atom. The van der Waals surface area contributed by atoms with Crippen molar-refractivity contribution in [1.82, 2.24) is 5.32 Å². The van der Waals surface area contributed by atoms with Gasteiger partial charge in [-0.3, -0.25) is 10.4 Å². The number of benzene rings is 3. The zero-order chi connectivity index (χ0) is 24.1. The summed E-state index contributed by atoms with van der Waals surface area (Å²) < 4.78 is 0. The highest BCUT2D eigenvalue weighted by molar-refractivity contribution is 5.99. The molecule has 6 heteroatoms. The van der Waals surface area contributed by atoms with Gasteiger partial charge in [-0.25, -0.2) is 0 Å². The third-order valence-electron chi connectivity index (χ3n) is 6.73. The maximum atomic E-state index is 7.63. The Labute approximate surface area is 228 Å². The number of amidine groups is 2. The summed E-state index contributed by atoms with van der Waals surface area (Å²) in [7, 11) is 0. The number of aryl methyl sites for hydroxylation is 7. The maximum Gasteiger partial charge on any atom is 0.128 e. The molecule has 1 aliphatic heterocycles. The first kappa shape index (κ1) is 29.4. The Balaban J connectivity index is 0.00000228. The third kappa shape index (κ3) is 7.59. The van der Waals surface area contributed by atoms with Gasteiger partial charge in [-0.05, 0) is 98.4 Å². The molecule has 3 aromatic carbocycles. The summed E-state index contributed by atoms with van der Waals surface area (Å²) in [5.74, 6) is 1.16. The maximum absolute atomic E-state index is 7.63. The molecule has 0 spiro atoms. The molecule has 4 nitrogen and oxygen atoms in total. The number of hydrogen-bond donors (Lipinski definition) is 3. The number of nitrogens with one attached hydrogen (secondary N) is 2. The fourth-order valence-corrected chi connectivity index (χ4v) is 4.79. The van der Waals surface area contributed by atoms with Crippen LogP contribution < -0.4 is 11.1 Å². The van der Waals surface area contributed by atoms with Gasteiger partial charge in [0, 0.05) is 24.2 Å². The molecule has 0 saturated carbocycles. The quantitative estimate of drug-likeness (QED) is 0.247. The van der Waals surface area contributed by atoms with Crippen molar-refractivity contribution in [2.45, 2.75) is 52.9 Å². The zero-order valence-electron chi connectivity index (χ0n) is 21.5. The lowest BCUT2D eigenvalue weighted by atomic mass is 9.94. The largest absolute Gasteiger partial charge is 0.384 e. The van der Waals surface area contributed by atoms with Crippen LogP contribution in [-0.2, 0) is 25.7 Å². The van der Waals surface area contributed by atoms with E-state index in [1.54, 1.807) is 0 Å². The van der Waals surface area contributed by atoms with Crippen LogP contribution in [0, 0.1) is 26.2 Å². The summed E-state index contributed by atoms with van der Waals surface area (Å²) in [6.07, 6.45) is 5.20. The number of nitrogens with two attached hydrogens (primary N) is 1. The molecule has 0 bridgehead atoms. The second-order valence-electron chi connectivity index (χ2n) is 9.53. The van der Waals surface area contributed by atoms with Crippen LogP contribution in [-0.4, -0.2) is 24.8 Å². The number of halogens is 2. The van der Waals surface area contributed by atoms with Crippen LogP contribution in [0.4, 0.5) is 0 Å². The Morgan fingerprint density at radius 2 is 1.44 bits per heavy atom. The Kier molecular flexibility index (Phi) is 11.0. The molecule has 0 radical (unpaired) electrons. The van der Waals surface area contributed by atoms with E-state index in [1.165, 1.54) is 44.5 Å². The first-order chi connectivity index (χ1) is 16.4. The summed E-state index contributed by atoms with van der Waals surface area (Å²) in [5, 5.41) is 11.1. The van der Waals surface area contributed by atoms with Crippen molar-refractivity contribution in [3.05, 3.63) is 105 Å². The van der Waals surface area contributed by atoms with Gasteiger partial charge < -0.3 is 11.1 Å². The van der Waals surface area contributed by atoms with Crippen molar-refractivity contribution >= 4 is 36.5 Å². The van der Waals surface area contributed by atoms with Crippen LogP contribution in [0.5, 0.6) is 0 Å². The highest BCUT2D eigenvalue weighted by Crippen LogP contribution is 2.19. The van der Waals surface area contributed by atoms with E-state index >= 15 is 0 Å². The number of aliphatic imine (C=N–C) groups is 1. The molecule has 4 N–H and O–H groups in total. The molecule has 36 heavy (non-hydrogen) atoms. The molecule has 4 rings (SSSR count). The fourth-order valence-electron chi connectivity index (χ4n) is 4.79. The molecule has 192 valence electrons. The van der Waals surface area contributed by atoms with E-state index in [4.69, 9.17) is 11.1 Å². The molecule has 0 fully saturated rings. The van der Waals surface area contributed by atoms with Gasteiger partial charge in [0.25, 0.3) is 0 Å². The molecule has 3 aromatic rings. The highest BCUT2D eigenvalue weighted by Gasteiger charge is 2.10. The minimum atomic E-state index is 0. The SMILES string of the molecule is Cc1cc(CCc2ccc(C(=N)N)cc2C)cc(CCc2ccc(C3=NCCCN3)cc2C)c1.Cl.Cl. The van der Waals surface area contributed by atoms with E-state index in [2.05, 4.69) is 73.5 Å². The summed E-state index contributed by atoms with van der Waals surface area (Å²) in [4.78, 5) is 4.63. The molecule has 0 aliphatic carbocycles. The highest BCUT2D eigenvalue weighted by atomic mass is 35.5. The van der Waals surface area contributed by atoms with Crippen molar-refractivity contribution < 1.29 is 0 Å². The second kappa shape index (κ2) is 13.5. The average molecular weight is 526 g/mol. The first-order valence-corrected chi connectivity index (χ1v) is 12.3. The smallest absolute Gasteiger partial charge is 0.128 e. The fraction of sp³-hybridized carbons (Fsp3) is 0.333. The lowest BCUT2D eigenvalue weighted by Crippen LogP contribution is -2.30. The third-order valence-corrected chi connectivity index (χ3v) is 6.73. The summed E-state index contributed by atoms with van der Waals surface area (Å²) in [6, 6.07) is 19.8. The molecule has 0 amide bonds. The number of nitrogen functional groups attached to an aromatic ring is 1. The van der Waals surface area contributed by atoms with Crippen LogP contribution in [0.3, 0.4) is 0 Å². The molecule has 0 unspecified atom stereocenters. The van der Waals surface area contributed by atoms with Crippen molar-refractivity contribution in [2.24, 2.45) is 10.7 Å². The molecular formula is C30H38Cl2N4. The van der Waals surface area contributed by atoms with Gasteiger partial charge in [0.15, 0.2) is 0 Å². The van der Waals surface area contributed by atoms with Gasteiger partial charge in [0.05, 0.1) is 0 Å². The van der Waals surface area contributed by atoms with Crippen molar-refractivity contribution in [2.75, 3.05) is 13.1 Å². The van der Waals surface area contributed by atoms with Crippen LogP contribution in [0.2, 0.25) is 0 Å². The summed E-state index contributed by atoms with van der Waals surface area (Å²) in [6.45, 7) is 8.44. The second-order valence-corrected chi connectivity index (χ2v) is 9.53. The monoisotopic (exact) mass is 524 g/mol. The number of hydrogen-bond acceptors (Lipinski definition) is 3. The Morgan fingerprint density at radius 1 is 0.833 bits per heavy atom. The number of nitrogens with zero attached hydrogens (tertiary/aromatic N) is 1. The van der Waals surface area contributed by atoms with Crippen molar-refractivity contribution in [3.63, 3.8) is 0 Å². The zero-order valence-corrected chi connectivity index (χ0v) is 23.1. The van der Waals surface area contributed by atoms with Gasteiger partial charge in [0.1, 0.15) is 11.7 Å². The van der Waals surface area contributed by atoms with Gasteiger partial charge in [-0.15, -0.1) is 24.8 Å². The minimum Gasteiger partial charge on any atom is -0.384 e. The van der Waals surface area contributed by atoms with Gasteiger partial charge in [-0.2, -0.15) is 0 Å². The standard InChI is InChI=1S/C30H36N4.2ClH/c1-20-15-23(5-7-25-9-11-27(29(31)32)17-21(25)2)19-24(16-20)6-8-26-10-12-28(18-22(26)3)30-33-13-4-14-34-30;;/h9-12,15-19H,4-8,13-14H2,1-3H3,(H3,31,32)(H,33,34);2*1H. The Hall–Kier alpha value is -2.82. The van der Waals surface area contributed by atoms with Gasteiger partial charge >= 0.3 is 0 Å². The van der Waals surface area contributed by atoms with Crippen molar-refractivity contribution in [3.8, 4) is 0 Å². The summed E-state index contributed by atoms with van der Waals surface area (Å²) >= 11 is 0. The van der Waals surface area contributed by atoms with Crippen molar-refractivity contribution in [1.29, 1.82) is 5.41 Å². The molecule has 0 saturated heterocycles. The normalized spacial score (nSPS) is 12.6. The van der Waals surface area contributed by atoms with E-state index < -0.39 is 0 Å². The van der Waals surface area contributed by atoms with E-state index in [0.29, 0.717) is 0 Å². The van der Waals surface area contributed by atoms with E-state index in [0.717, 1.165) is 56.6 Å². The molecule has 0 aromatic heterocycles. The van der Waals surface area contributed by atoms with Crippen LogP contribution in [0.15, 0.2) is 59.6 Å². The number of rotatable bonds is 8. The molecule has 1 heterocycles. The molecule has 1 aliphatic rings. The van der Waals surface area contributed by atoms with E-state index in [1.807, 2.05) is 12.1 Å². The Bertz CT molecular complexity index is 1230. The topological polar surface area (TPSA) is 74.3 Å². The first-order valence-electron chi connectivity index (χ1n) is 12.3. The minimum absolute atomic E-state index is 0. The van der Waals surface area contributed by atoms with Crippen LogP contribution in [0.1, 0.15) is 56.5 Å². The van der Waals surface area contributed by atoms with Crippen LogP contribution >= 0.6 is 24.8 Å². The summed E-state index contributed by atoms with van der Waals surface area (Å²) in [5.41, 5.74) is 17.0. The lowest BCUT2D eigenvalue weighted by Gasteiger charge is -2.16. The molecular weight excluding hydrogens is 487 g/mol. The van der Waals surface area contributed by atoms with Gasteiger partial charge in [0.2, 0.25) is 0 Å². The lowest BCUT2D eigenvalue weighted by molar-refractivity contribution is 0.742. The van der Waals surface area contributed by atoms with E-state index in [-0.39, 0.29) is 30.6 Å². The van der Waals surface area contributed by atoms with E-state index in [9.17, 15) is 0 Å². The van der Waals surface area contributed by atoms with Gasteiger partial charge in [-0.1, -0.05) is 48.0 Å².